The Labute approximate surface area is 198 Å². The number of hydrogen-bond acceptors (Lipinski definition) is 5. The fourth-order valence-electron chi connectivity index (χ4n) is 9.11. The number of alkyl carbamates (subject to hydrolysis) is 1. The summed E-state index contributed by atoms with van der Waals surface area (Å²) in [5, 5.41) is 16.3. The van der Waals surface area contributed by atoms with Crippen molar-refractivity contribution in [1.82, 2.24) is 10.6 Å². The van der Waals surface area contributed by atoms with Gasteiger partial charge in [-0.05, 0) is 112 Å². The Hall–Kier alpha value is -1.34. The van der Waals surface area contributed by atoms with Crippen molar-refractivity contribution in [3.8, 4) is 0 Å². The Morgan fingerprint density at radius 2 is 1.73 bits per heavy atom. The molecule has 5 rings (SSSR count). The van der Waals surface area contributed by atoms with E-state index in [1.807, 2.05) is 0 Å². The van der Waals surface area contributed by atoms with E-state index >= 15 is 0 Å². The molecule has 5 aliphatic rings. The number of hydrogen-bond donors (Lipinski definition) is 4. The van der Waals surface area contributed by atoms with E-state index < -0.39 is 5.97 Å². The summed E-state index contributed by atoms with van der Waals surface area (Å²) in [6, 6.07) is 0.223. The van der Waals surface area contributed by atoms with E-state index in [1.54, 1.807) is 0 Å². The zero-order chi connectivity index (χ0) is 23.4. The van der Waals surface area contributed by atoms with Gasteiger partial charge in [0.2, 0.25) is 0 Å². The summed E-state index contributed by atoms with van der Waals surface area (Å²) in [6.45, 7) is 6.52. The van der Waals surface area contributed by atoms with Crippen molar-refractivity contribution in [3.63, 3.8) is 0 Å². The maximum Gasteiger partial charge on any atom is 0.407 e. The minimum absolute atomic E-state index is 0.00454. The molecule has 0 radical (unpaired) electrons. The molecule has 8 atom stereocenters. The summed E-state index contributed by atoms with van der Waals surface area (Å²) in [5.74, 6) is 0.530. The van der Waals surface area contributed by atoms with Crippen molar-refractivity contribution in [2.75, 3.05) is 13.1 Å². The number of carbonyl (C=O) groups excluding carboxylic acids is 1. The third-order valence-corrected chi connectivity index (χ3v) is 11.2. The highest BCUT2D eigenvalue weighted by Gasteiger charge is 2.67. The predicted octanol–water partition coefficient (Wildman–Crippen LogP) is 3.66. The first kappa shape index (κ1) is 23.4. The van der Waals surface area contributed by atoms with E-state index in [0.717, 1.165) is 77.3 Å². The van der Waals surface area contributed by atoms with Crippen LogP contribution in [-0.2, 0) is 9.53 Å². The lowest BCUT2D eigenvalue weighted by atomic mass is 9.42. The Bertz CT molecular complexity index is 785. The summed E-state index contributed by atoms with van der Waals surface area (Å²) in [7, 11) is 0. The molecule has 4 saturated carbocycles. The van der Waals surface area contributed by atoms with Crippen molar-refractivity contribution in [2.24, 2.45) is 40.2 Å². The van der Waals surface area contributed by atoms with Crippen molar-refractivity contribution >= 4 is 12.1 Å². The van der Waals surface area contributed by atoms with Crippen LogP contribution in [0.5, 0.6) is 0 Å². The van der Waals surface area contributed by atoms with Gasteiger partial charge in [0.15, 0.2) is 0 Å². The summed E-state index contributed by atoms with van der Waals surface area (Å²) in [6.07, 6.45) is 10.4. The Balaban J connectivity index is 1.24. The van der Waals surface area contributed by atoms with Crippen LogP contribution in [0.15, 0.2) is 0 Å². The minimum atomic E-state index is -0.663. The molecule has 0 aromatic heterocycles. The summed E-state index contributed by atoms with van der Waals surface area (Å²) in [4.78, 5) is 24.5. The number of nitrogens with one attached hydrogen (secondary N) is 2. The second kappa shape index (κ2) is 8.40. The first-order valence-electron chi connectivity index (χ1n) is 13.4. The van der Waals surface area contributed by atoms with E-state index in [2.05, 4.69) is 24.5 Å². The van der Waals surface area contributed by atoms with Crippen LogP contribution in [0.25, 0.3) is 0 Å². The standard InChI is InChI=1S/C26H43N3O4/c1-24-10-5-18(33-23(32)29-17-8-13-28-14-9-17)15-16(24)3-4-20-19(24)6-11-25(2)21(22(30)31)7-12-26(20,25)27/h16-21,28H,3-15,27H2,1-2H3,(H,29,32)(H,30,31)/t16?,18?,19-,20-,21?,24+,25-,26-/m1/s1. The molecule has 5 N–H and O–H groups in total. The maximum absolute atomic E-state index is 12.5. The number of ether oxygens (including phenoxy) is 1. The highest BCUT2D eigenvalue weighted by Crippen LogP contribution is 2.68. The van der Waals surface area contributed by atoms with Gasteiger partial charge < -0.3 is 26.2 Å². The molecule has 5 fully saturated rings. The zero-order valence-electron chi connectivity index (χ0n) is 20.4. The van der Waals surface area contributed by atoms with E-state index in [1.165, 1.54) is 0 Å². The van der Waals surface area contributed by atoms with Gasteiger partial charge in [0.25, 0.3) is 0 Å². The number of carbonyl (C=O) groups is 2. The number of fused-ring (bicyclic) bond motifs is 5. The largest absolute Gasteiger partial charge is 0.481 e. The molecule has 0 aromatic carbocycles. The Kier molecular flexibility index (Phi) is 5.96. The topological polar surface area (TPSA) is 114 Å². The SMILES string of the molecule is C[C@]12CCC(OC(=O)NC3CCNCC3)CC1CC[C@@H]1[C@H]2CC[C@]2(C)C(C(=O)O)CC[C@@]12N. The van der Waals surface area contributed by atoms with E-state index in [0.29, 0.717) is 24.2 Å². The number of rotatable bonds is 3. The molecular formula is C26H43N3O4. The number of carboxylic acid groups (broad SMARTS) is 1. The number of aliphatic carboxylic acids is 1. The average Bonchev–Trinajstić information content (AvgIpc) is 3.06. The highest BCUT2D eigenvalue weighted by atomic mass is 16.6. The van der Waals surface area contributed by atoms with Crippen molar-refractivity contribution in [2.45, 2.75) is 102 Å². The lowest BCUT2D eigenvalue weighted by molar-refractivity contribution is -0.157. The second-order valence-corrected chi connectivity index (χ2v) is 12.4. The quantitative estimate of drug-likeness (QED) is 0.510. The number of nitrogens with two attached hydrogens (primary N) is 1. The third kappa shape index (κ3) is 3.69. The van der Waals surface area contributed by atoms with Crippen LogP contribution in [0.4, 0.5) is 4.79 Å². The molecule has 0 aromatic rings. The first-order chi connectivity index (χ1) is 15.7. The smallest absolute Gasteiger partial charge is 0.407 e. The third-order valence-electron chi connectivity index (χ3n) is 11.2. The van der Waals surface area contributed by atoms with Gasteiger partial charge in [-0.2, -0.15) is 0 Å². The van der Waals surface area contributed by atoms with Crippen molar-refractivity contribution in [1.29, 1.82) is 0 Å². The van der Waals surface area contributed by atoms with Gasteiger partial charge in [-0.15, -0.1) is 0 Å². The van der Waals surface area contributed by atoms with Crippen LogP contribution in [0.3, 0.4) is 0 Å². The van der Waals surface area contributed by atoms with Crippen LogP contribution in [0.1, 0.15) is 84.5 Å². The van der Waals surface area contributed by atoms with Gasteiger partial charge in [-0.1, -0.05) is 13.8 Å². The minimum Gasteiger partial charge on any atom is -0.481 e. The molecule has 1 amide bonds. The monoisotopic (exact) mass is 461 g/mol. The zero-order valence-corrected chi connectivity index (χ0v) is 20.4. The Morgan fingerprint density at radius 3 is 2.45 bits per heavy atom. The van der Waals surface area contributed by atoms with Crippen LogP contribution in [0, 0.1) is 34.5 Å². The molecule has 1 heterocycles. The number of amides is 1. The first-order valence-corrected chi connectivity index (χ1v) is 13.4. The average molecular weight is 462 g/mol. The van der Waals surface area contributed by atoms with Gasteiger partial charge in [-0.25, -0.2) is 4.79 Å². The van der Waals surface area contributed by atoms with Gasteiger partial charge in [-0.3, -0.25) is 4.79 Å². The summed E-state index contributed by atoms with van der Waals surface area (Å²) in [5.41, 5.74) is 6.75. The predicted molar refractivity (Wildman–Crippen MR) is 126 cm³/mol. The molecule has 4 aliphatic carbocycles. The summed E-state index contributed by atoms with van der Waals surface area (Å²) < 4.78 is 5.91. The molecule has 7 heteroatoms. The van der Waals surface area contributed by atoms with Crippen molar-refractivity contribution < 1.29 is 19.4 Å². The van der Waals surface area contributed by atoms with E-state index in [4.69, 9.17) is 10.5 Å². The van der Waals surface area contributed by atoms with Crippen LogP contribution >= 0.6 is 0 Å². The molecule has 3 unspecified atom stereocenters. The van der Waals surface area contributed by atoms with Crippen LogP contribution < -0.4 is 16.4 Å². The van der Waals surface area contributed by atoms with Gasteiger partial charge in [0.1, 0.15) is 6.10 Å². The lowest BCUT2D eigenvalue weighted by Gasteiger charge is -2.64. The van der Waals surface area contributed by atoms with E-state index in [9.17, 15) is 14.7 Å². The number of carboxylic acids is 1. The van der Waals surface area contributed by atoms with Gasteiger partial charge in [0.05, 0.1) is 5.92 Å². The molecule has 0 bridgehead atoms. The molecule has 1 aliphatic heterocycles. The number of piperidine rings is 1. The maximum atomic E-state index is 12.5. The second-order valence-electron chi connectivity index (χ2n) is 12.4. The molecule has 0 spiro atoms. The molecule has 33 heavy (non-hydrogen) atoms. The van der Waals surface area contributed by atoms with E-state index in [-0.39, 0.29) is 40.5 Å². The van der Waals surface area contributed by atoms with Gasteiger partial charge in [0, 0.05) is 11.6 Å². The van der Waals surface area contributed by atoms with Crippen molar-refractivity contribution in [3.05, 3.63) is 0 Å². The summed E-state index contributed by atoms with van der Waals surface area (Å²) >= 11 is 0. The fraction of sp³-hybridized carbons (Fsp3) is 0.923. The highest BCUT2D eigenvalue weighted by molar-refractivity contribution is 5.72. The van der Waals surface area contributed by atoms with Crippen LogP contribution in [-0.4, -0.2) is 47.9 Å². The molecule has 1 saturated heterocycles. The lowest BCUT2D eigenvalue weighted by Crippen LogP contribution is -2.66. The molecule has 186 valence electrons. The van der Waals surface area contributed by atoms with Crippen LogP contribution in [0.2, 0.25) is 0 Å². The van der Waals surface area contributed by atoms with Gasteiger partial charge >= 0.3 is 12.1 Å². The molecular weight excluding hydrogens is 418 g/mol. The normalized spacial score (nSPS) is 47.7. The molecule has 7 nitrogen and oxygen atoms in total. The fourth-order valence-corrected chi connectivity index (χ4v) is 9.11. The Morgan fingerprint density at radius 1 is 0.970 bits per heavy atom.